The van der Waals surface area contributed by atoms with E-state index in [1.165, 1.54) is 12.1 Å². The molecule has 6 nitrogen and oxygen atoms in total. The molecule has 0 bridgehead atoms. The van der Waals surface area contributed by atoms with Crippen molar-refractivity contribution in [3.63, 3.8) is 0 Å². The summed E-state index contributed by atoms with van der Waals surface area (Å²) in [6.45, 7) is 0. The number of aliphatic carboxylic acids is 1. The molecule has 2 amide bonds. The maximum atomic E-state index is 13.7. The van der Waals surface area contributed by atoms with Crippen molar-refractivity contribution in [2.45, 2.75) is 18.0 Å². The highest BCUT2D eigenvalue weighted by Crippen LogP contribution is 2.51. The Balaban J connectivity index is 1.65. The zero-order valence-electron chi connectivity index (χ0n) is 17.8. The molecule has 0 unspecified atom stereocenters. The van der Waals surface area contributed by atoms with Crippen molar-refractivity contribution in [3.8, 4) is 0 Å². The van der Waals surface area contributed by atoms with E-state index in [1.54, 1.807) is 48.5 Å². The maximum absolute atomic E-state index is 13.7. The first-order valence-electron chi connectivity index (χ1n) is 10.8. The highest BCUT2D eigenvalue weighted by atomic mass is 35.5. The number of hydrogen-bond acceptors (Lipinski definition) is 4. The summed E-state index contributed by atoms with van der Waals surface area (Å²) in [6.07, 6.45) is 0.00467. The van der Waals surface area contributed by atoms with E-state index in [-0.39, 0.29) is 12.1 Å². The van der Waals surface area contributed by atoms with Crippen LogP contribution in [0.3, 0.4) is 0 Å². The monoisotopic (exact) mass is 478 g/mol. The fourth-order valence-corrected chi connectivity index (χ4v) is 5.28. The molecule has 0 aliphatic carbocycles. The lowest BCUT2D eigenvalue weighted by atomic mass is 9.76. The van der Waals surface area contributed by atoms with Crippen molar-refractivity contribution >= 4 is 35.1 Å². The van der Waals surface area contributed by atoms with Gasteiger partial charge in [-0.3, -0.25) is 19.7 Å². The number of halogens is 2. The molecule has 3 aromatic carbocycles. The normalized spacial score (nSPS) is 26.1. The van der Waals surface area contributed by atoms with Gasteiger partial charge in [-0.15, -0.1) is 0 Å². The summed E-state index contributed by atoms with van der Waals surface area (Å²) < 4.78 is 13.5. The van der Waals surface area contributed by atoms with Gasteiger partial charge in [-0.25, -0.2) is 9.29 Å². The van der Waals surface area contributed by atoms with Crippen LogP contribution in [0.15, 0.2) is 78.9 Å². The molecule has 3 aromatic rings. The predicted molar refractivity (Wildman–Crippen MR) is 124 cm³/mol. The van der Waals surface area contributed by atoms with Crippen LogP contribution >= 0.6 is 11.6 Å². The van der Waals surface area contributed by atoms with E-state index in [4.69, 9.17) is 11.6 Å². The van der Waals surface area contributed by atoms with E-state index in [0.717, 1.165) is 17.0 Å². The van der Waals surface area contributed by atoms with Crippen molar-refractivity contribution < 1.29 is 23.9 Å². The second-order valence-electron chi connectivity index (χ2n) is 8.60. The van der Waals surface area contributed by atoms with Crippen molar-refractivity contribution in [2.75, 3.05) is 4.90 Å². The summed E-state index contributed by atoms with van der Waals surface area (Å²) >= 11 is 6.04. The quantitative estimate of drug-likeness (QED) is 0.541. The second-order valence-corrected chi connectivity index (χ2v) is 9.04. The van der Waals surface area contributed by atoms with Crippen LogP contribution in [0.2, 0.25) is 5.02 Å². The molecule has 0 aromatic heterocycles. The summed E-state index contributed by atoms with van der Waals surface area (Å²) in [4.78, 5) is 41.2. The van der Waals surface area contributed by atoms with E-state index >= 15 is 0 Å². The summed E-state index contributed by atoms with van der Waals surface area (Å²) in [6, 6.07) is 20.0. The number of carboxylic acid groups (broad SMARTS) is 1. The van der Waals surface area contributed by atoms with Crippen LogP contribution < -0.4 is 10.2 Å². The Morgan fingerprint density at radius 3 is 2.24 bits per heavy atom. The highest BCUT2D eigenvalue weighted by Gasteiger charge is 2.68. The largest absolute Gasteiger partial charge is 0.480 e. The lowest BCUT2D eigenvalue weighted by Crippen LogP contribution is -2.57. The fourth-order valence-electron chi connectivity index (χ4n) is 5.16. The number of carbonyl (C=O) groups excluding carboxylic acids is 2. The Labute approximate surface area is 200 Å². The van der Waals surface area contributed by atoms with E-state index in [9.17, 15) is 23.9 Å². The lowest BCUT2D eigenvalue weighted by molar-refractivity contribution is -0.148. The topological polar surface area (TPSA) is 86.7 Å². The summed E-state index contributed by atoms with van der Waals surface area (Å²) in [5, 5.41) is 14.1. The highest BCUT2D eigenvalue weighted by molar-refractivity contribution is 6.30. The number of fused-ring (bicyclic) bond motifs is 1. The number of benzene rings is 3. The predicted octanol–water partition coefficient (Wildman–Crippen LogP) is 4.00. The molecule has 2 aliphatic heterocycles. The summed E-state index contributed by atoms with van der Waals surface area (Å²) in [7, 11) is 0. The number of anilines is 1. The average Bonchev–Trinajstić information content (AvgIpc) is 3.30. The number of carboxylic acids is 1. The molecule has 2 aliphatic rings. The average molecular weight is 479 g/mol. The van der Waals surface area contributed by atoms with Gasteiger partial charge in [-0.2, -0.15) is 0 Å². The Bertz CT molecular complexity index is 1270. The van der Waals surface area contributed by atoms with E-state index < -0.39 is 47.0 Å². The molecule has 8 heteroatoms. The van der Waals surface area contributed by atoms with Crippen LogP contribution in [0.4, 0.5) is 10.1 Å². The number of hydrogen-bond donors (Lipinski definition) is 2. The molecule has 2 N–H and O–H groups in total. The number of nitrogens with zero attached hydrogens (tertiary/aromatic N) is 1. The second kappa shape index (κ2) is 8.34. The van der Waals surface area contributed by atoms with Gasteiger partial charge in [0, 0.05) is 17.5 Å². The smallest absolute Gasteiger partial charge is 0.325 e. The molecule has 2 heterocycles. The van der Waals surface area contributed by atoms with Crippen LogP contribution in [-0.4, -0.2) is 28.4 Å². The van der Waals surface area contributed by atoms with Crippen LogP contribution in [0.25, 0.3) is 0 Å². The third-order valence-corrected chi connectivity index (χ3v) is 6.93. The zero-order chi connectivity index (χ0) is 24.0. The van der Waals surface area contributed by atoms with Crippen LogP contribution in [0, 0.1) is 17.7 Å². The maximum Gasteiger partial charge on any atom is 0.325 e. The number of rotatable bonds is 5. The van der Waals surface area contributed by atoms with Crippen molar-refractivity contribution in [1.82, 2.24) is 5.32 Å². The molecular weight excluding hydrogens is 459 g/mol. The SMILES string of the molecule is O=C1[C@@H]2[C@H](c3ccc(Cl)cc3)N[C@@](Cc3ccccc3)(C(=O)O)[C@H]2C(=O)N1c1ccc(F)cc1. The molecule has 2 fully saturated rings. The number of carbonyl (C=O) groups is 3. The van der Waals surface area contributed by atoms with Gasteiger partial charge >= 0.3 is 5.97 Å². The molecule has 0 radical (unpaired) electrons. The van der Waals surface area contributed by atoms with Gasteiger partial charge in [0.05, 0.1) is 17.5 Å². The molecule has 172 valence electrons. The van der Waals surface area contributed by atoms with Gasteiger partial charge < -0.3 is 5.11 Å². The number of imide groups is 1. The lowest BCUT2D eigenvalue weighted by Gasteiger charge is -2.31. The number of amides is 2. The van der Waals surface area contributed by atoms with Crippen molar-refractivity contribution in [3.05, 3.63) is 101 Å². The van der Waals surface area contributed by atoms with E-state index in [2.05, 4.69) is 5.32 Å². The first-order valence-corrected chi connectivity index (χ1v) is 11.1. The summed E-state index contributed by atoms with van der Waals surface area (Å²) in [5.41, 5.74) is -0.150. The Kier molecular flexibility index (Phi) is 5.46. The molecule has 2 saturated heterocycles. The van der Waals surface area contributed by atoms with Gasteiger partial charge in [0.25, 0.3) is 0 Å². The Hall–Kier alpha value is -3.55. The van der Waals surface area contributed by atoms with Crippen molar-refractivity contribution in [1.29, 1.82) is 0 Å². The van der Waals surface area contributed by atoms with Crippen LogP contribution in [-0.2, 0) is 20.8 Å². The third kappa shape index (κ3) is 3.48. The van der Waals surface area contributed by atoms with E-state index in [0.29, 0.717) is 16.1 Å². The number of nitrogens with one attached hydrogen (secondary N) is 1. The van der Waals surface area contributed by atoms with E-state index in [1.807, 2.05) is 6.07 Å². The summed E-state index contributed by atoms with van der Waals surface area (Å²) in [5.74, 6) is -4.99. The first-order chi connectivity index (χ1) is 16.3. The van der Waals surface area contributed by atoms with Crippen molar-refractivity contribution in [2.24, 2.45) is 11.8 Å². The Morgan fingerprint density at radius 2 is 1.62 bits per heavy atom. The van der Waals surface area contributed by atoms with Gasteiger partial charge in [-0.1, -0.05) is 54.1 Å². The van der Waals surface area contributed by atoms with Crippen LogP contribution in [0.5, 0.6) is 0 Å². The van der Waals surface area contributed by atoms with Gasteiger partial charge in [-0.05, 0) is 47.5 Å². The molecule has 34 heavy (non-hydrogen) atoms. The van der Waals surface area contributed by atoms with Gasteiger partial charge in [0.1, 0.15) is 11.4 Å². The fraction of sp³-hybridized carbons (Fsp3) is 0.192. The molecule has 0 spiro atoms. The minimum Gasteiger partial charge on any atom is -0.480 e. The minimum atomic E-state index is -1.72. The Morgan fingerprint density at radius 1 is 0.971 bits per heavy atom. The molecule has 0 saturated carbocycles. The molecular formula is C26H20ClFN2O4. The first kappa shape index (κ1) is 22.3. The zero-order valence-corrected chi connectivity index (χ0v) is 18.6. The van der Waals surface area contributed by atoms with Gasteiger partial charge in [0.2, 0.25) is 11.8 Å². The van der Waals surface area contributed by atoms with Crippen LogP contribution in [0.1, 0.15) is 17.2 Å². The molecule has 5 rings (SSSR count). The standard InChI is InChI=1S/C26H20ClFN2O4/c27-17-8-6-16(7-9-17)22-20-21(24(32)30(23(20)31)19-12-10-18(28)11-13-19)26(29-22,25(33)34)14-15-4-2-1-3-5-15/h1-13,20-22,29H,14H2,(H,33,34)/t20-,21+,22-,26+/m0/s1. The minimum absolute atomic E-state index is 0.00467. The molecule has 4 atom stereocenters. The van der Waals surface area contributed by atoms with Gasteiger partial charge in [0.15, 0.2) is 0 Å². The third-order valence-electron chi connectivity index (χ3n) is 6.68.